The van der Waals surface area contributed by atoms with E-state index in [1.807, 2.05) is 58.9 Å². The summed E-state index contributed by atoms with van der Waals surface area (Å²) in [5, 5.41) is 5.78. The minimum Gasteiger partial charge on any atom is -0.465 e. The van der Waals surface area contributed by atoms with Crippen LogP contribution in [0, 0.1) is 19.8 Å². The van der Waals surface area contributed by atoms with Gasteiger partial charge in [0, 0.05) is 23.4 Å². The van der Waals surface area contributed by atoms with Crippen LogP contribution in [0.3, 0.4) is 0 Å². The lowest BCUT2D eigenvalue weighted by Crippen LogP contribution is -2.32. The zero-order valence-corrected chi connectivity index (χ0v) is 25.7. The smallest absolute Gasteiger partial charge is 0.412 e. The largest absolute Gasteiger partial charge is 0.465 e. The van der Waals surface area contributed by atoms with Gasteiger partial charge in [0.15, 0.2) is 0 Å². The van der Waals surface area contributed by atoms with Gasteiger partial charge in [-0.2, -0.15) is 0 Å². The topological polar surface area (TPSA) is 116 Å². The van der Waals surface area contributed by atoms with Gasteiger partial charge in [-0.15, -0.1) is 0 Å². The molecule has 0 aliphatic carbocycles. The second kappa shape index (κ2) is 14.0. The number of methoxy groups -OCH3 is 1. The number of benzene rings is 2. The molecule has 3 rings (SSSR count). The molecule has 9 nitrogen and oxygen atoms in total. The molecule has 0 spiro atoms. The maximum atomic E-state index is 13.1. The summed E-state index contributed by atoms with van der Waals surface area (Å²) in [5.41, 5.74) is 5.93. The number of pyridine rings is 1. The van der Waals surface area contributed by atoms with Crippen molar-refractivity contribution in [3.63, 3.8) is 0 Å². The Morgan fingerprint density at radius 1 is 0.929 bits per heavy atom. The molecule has 42 heavy (non-hydrogen) atoms. The summed E-state index contributed by atoms with van der Waals surface area (Å²) in [7, 11) is 1.32. The summed E-state index contributed by atoms with van der Waals surface area (Å²) in [6.07, 6.45) is -0.523. The van der Waals surface area contributed by atoms with Gasteiger partial charge in [0.2, 0.25) is 0 Å². The fraction of sp³-hybridized carbons (Fsp3) is 0.394. The highest BCUT2D eigenvalue weighted by Gasteiger charge is 2.23. The average Bonchev–Trinajstić information content (AvgIpc) is 2.91. The first-order valence-electron chi connectivity index (χ1n) is 13.9. The molecule has 0 saturated heterocycles. The normalized spacial score (nSPS) is 11.2. The van der Waals surface area contributed by atoms with Gasteiger partial charge in [0.05, 0.1) is 24.1 Å². The first-order valence-corrected chi connectivity index (χ1v) is 13.9. The molecule has 0 bridgehead atoms. The predicted octanol–water partition coefficient (Wildman–Crippen LogP) is 7.12. The van der Waals surface area contributed by atoms with Crippen molar-refractivity contribution in [1.82, 2.24) is 10.3 Å². The molecule has 9 heteroatoms. The maximum absolute atomic E-state index is 13.1. The number of nitrogens with one attached hydrogen (secondary N) is 2. The summed E-state index contributed by atoms with van der Waals surface area (Å²) in [5.74, 6) is -0.137. The van der Waals surface area contributed by atoms with E-state index in [2.05, 4.69) is 24.5 Å². The lowest BCUT2D eigenvalue weighted by atomic mass is 9.92. The van der Waals surface area contributed by atoms with Crippen molar-refractivity contribution in [3.05, 3.63) is 82.2 Å². The fourth-order valence-electron chi connectivity index (χ4n) is 4.36. The average molecular weight is 576 g/mol. The summed E-state index contributed by atoms with van der Waals surface area (Å²) in [6, 6.07) is 14.6. The van der Waals surface area contributed by atoms with Crippen molar-refractivity contribution in [2.24, 2.45) is 5.92 Å². The Morgan fingerprint density at radius 3 is 2.14 bits per heavy atom. The predicted molar refractivity (Wildman–Crippen MR) is 162 cm³/mol. The first-order chi connectivity index (χ1) is 19.8. The lowest BCUT2D eigenvalue weighted by molar-refractivity contribution is 0.0522. The van der Waals surface area contributed by atoms with E-state index in [1.54, 1.807) is 24.3 Å². The SMILES string of the molecule is COC(=O)c1ccc(COC(=O)Nc2c(C)nc(CC(C)C)c(CNC(=O)OC(C)(C)C)c2-c2ccc(C)cc2)cc1. The van der Waals surface area contributed by atoms with Gasteiger partial charge in [-0.3, -0.25) is 10.3 Å². The van der Waals surface area contributed by atoms with Crippen LogP contribution in [-0.4, -0.2) is 35.9 Å². The van der Waals surface area contributed by atoms with Gasteiger partial charge in [-0.1, -0.05) is 55.8 Å². The number of carbonyl (C=O) groups excluding carboxylic acids is 3. The Bertz CT molecular complexity index is 1410. The minimum atomic E-state index is -0.659. The number of anilines is 1. The van der Waals surface area contributed by atoms with Crippen LogP contribution < -0.4 is 10.6 Å². The van der Waals surface area contributed by atoms with Crippen LogP contribution in [0.1, 0.15) is 73.1 Å². The Hall–Kier alpha value is -4.40. The number of aryl methyl sites for hydroxylation is 2. The van der Waals surface area contributed by atoms with Crippen LogP contribution in [0.2, 0.25) is 0 Å². The molecule has 0 unspecified atom stereocenters. The summed E-state index contributed by atoms with van der Waals surface area (Å²) in [6.45, 7) is 13.6. The summed E-state index contributed by atoms with van der Waals surface area (Å²) >= 11 is 0. The van der Waals surface area contributed by atoms with Gasteiger partial charge in [-0.25, -0.2) is 14.4 Å². The molecular weight excluding hydrogens is 534 g/mol. The number of aromatic nitrogens is 1. The number of rotatable bonds is 9. The van der Waals surface area contributed by atoms with E-state index in [9.17, 15) is 14.4 Å². The Labute approximate surface area is 248 Å². The Kier molecular flexibility index (Phi) is 10.7. The quantitative estimate of drug-likeness (QED) is 0.206. The van der Waals surface area contributed by atoms with Crippen LogP contribution in [0.15, 0.2) is 48.5 Å². The molecule has 1 aromatic heterocycles. The third-order valence-corrected chi connectivity index (χ3v) is 6.29. The van der Waals surface area contributed by atoms with Gasteiger partial charge in [0.1, 0.15) is 12.2 Å². The van der Waals surface area contributed by atoms with Crippen molar-refractivity contribution in [1.29, 1.82) is 0 Å². The maximum Gasteiger partial charge on any atom is 0.412 e. The monoisotopic (exact) mass is 575 g/mol. The first kappa shape index (κ1) is 32.1. The van der Waals surface area contributed by atoms with Crippen molar-refractivity contribution in [2.45, 2.75) is 73.6 Å². The van der Waals surface area contributed by atoms with Crippen LogP contribution in [0.4, 0.5) is 15.3 Å². The molecule has 0 aliphatic heterocycles. The van der Waals surface area contributed by atoms with Crippen molar-refractivity contribution in [2.75, 3.05) is 12.4 Å². The van der Waals surface area contributed by atoms with E-state index in [1.165, 1.54) is 7.11 Å². The number of ether oxygens (including phenoxy) is 3. The van der Waals surface area contributed by atoms with Crippen LogP contribution in [-0.2, 0) is 33.8 Å². The van der Waals surface area contributed by atoms with Gasteiger partial charge >= 0.3 is 18.2 Å². The van der Waals surface area contributed by atoms with E-state index < -0.39 is 23.8 Å². The standard InChI is InChI=1S/C33H41N3O6/c1-20(2)17-27-26(18-34-31(38)42-33(5,6)7)28(24-13-9-21(3)10-14-24)29(22(4)35-27)36-32(39)41-19-23-11-15-25(16-12-23)30(37)40-8/h9-16,20H,17-19H2,1-8H3,(H,34,38)(H,36,39). The molecule has 224 valence electrons. The third-order valence-electron chi connectivity index (χ3n) is 6.29. The number of carbonyl (C=O) groups is 3. The second-order valence-corrected chi connectivity index (χ2v) is 11.6. The molecule has 1 heterocycles. The number of amides is 2. The number of esters is 1. The van der Waals surface area contributed by atoms with Crippen molar-refractivity contribution in [3.8, 4) is 11.1 Å². The van der Waals surface area contributed by atoms with E-state index >= 15 is 0 Å². The van der Waals surface area contributed by atoms with E-state index in [0.717, 1.165) is 27.9 Å². The van der Waals surface area contributed by atoms with Gasteiger partial charge in [0.25, 0.3) is 0 Å². The molecule has 0 atom stereocenters. The molecule has 0 aliphatic rings. The fourth-order valence-corrected chi connectivity index (χ4v) is 4.36. The van der Waals surface area contributed by atoms with Crippen molar-refractivity contribution < 1.29 is 28.6 Å². The molecule has 2 amide bonds. The van der Waals surface area contributed by atoms with Crippen LogP contribution in [0.5, 0.6) is 0 Å². The zero-order valence-electron chi connectivity index (χ0n) is 25.7. The molecule has 0 saturated carbocycles. The third kappa shape index (κ3) is 9.06. The summed E-state index contributed by atoms with van der Waals surface area (Å²) in [4.78, 5) is 42.2. The number of alkyl carbamates (subject to hydrolysis) is 1. The molecule has 3 aromatic rings. The second-order valence-electron chi connectivity index (χ2n) is 11.6. The van der Waals surface area contributed by atoms with Crippen molar-refractivity contribution >= 4 is 23.8 Å². The van der Waals surface area contributed by atoms with Gasteiger partial charge < -0.3 is 19.5 Å². The highest BCUT2D eigenvalue weighted by Crippen LogP contribution is 2.36. The number of hydrogen-bond donors (Lipinski definition) is 2. The van der Waals surface area contributed by atoms with Crippen LogP contribution in [0.25, 0.3) is 11.1 Å². The molecule has 0 radical (unpaired) electrons. The van der Waals surface area contributed by atoms with E-state index in [4.69, 9.17) is 19.2 Å². The van der Waals surface area contributed by atoms with E-state index in [-0.39, 0.29) is 13.2 Å². The highest BCUT2D eigenvalue weighted by molar-refractivity contribution is 5.94. The Morgan fingerprint density at radius 2 is 1.57 bits per heavy atom. The molecule has 0 fully saturated rings. The lowest BCUT2D eigenvalue weighted by Gasteiger charge is -2.23. The number of nitrogens with zero attached hydrogens (tertiary/aromatic N) is 1. The molecular formula is C33H41N3O6. The summed E-state index contributed by atoms with van der Waals surface area (Å²) < 4.78 is 15.7. The van der Waals surface area contributed by atoms with E-state index in [0.29, 0.717) is 34.8 Å². The number of hydrogen-bond acceptors (Lipinski definition) is 7. The Balaban J connectivity index is 1.97. The highest BCUT2D eigenvalue weighted by atomic mass is 16.6. The zero-order chi connectivity index (χ0) is 31.0. The molecule has 2 N–H and O–H groups in total. The van der Waals surface area contributed by atoms with Crippen LogP contribution >= 0.6 is 0 Å². The molecule has 2 aromatic carbocycles. The van der Waals surface area contributed by atoms with Gasteiger partial charge in [-0.05, 0) is 70.2 Å². The minimum absolute atomic E-state index is 0.00187.